The molecule has 4 aromatic rings. The van der Waals surface area contributed by atoms with Crippen LogP contribution < -0.4 is 5.32 Å². The van der Waals surface area contributed by atoms with E-state index in [2.05, 4.69) is 21.4 Å². The number of halogens is 3. The molecule has 2 aromatic carbocycles. The summed E-state index contributed by atoms with van der Waals surface area (Å²) in [6.07, 6.45) is 1.53. The third-order valence-electron chi connectivity index (χ3n) is 5.43. The van der Waals surface area contributed by atoms with E-state index in [9.17, 15) is 23.2 Å². The third-order valence-corrected chi connectivity index (χ3v) is 5.43. The minimum atomic E-state index is -4.61. The van der Waals surface area contributed by atoms with Gasteiger partial charge in [0.2, 0.25) is 5.91 Å². The second-order valence-corrected chi connectivity index (χ2v) is 8.47. The fraction of sp³-hybridized carbons (Fsp3) is 0.148. The Labute approximate surface area is 205 Å². The van der Waals surface area contributed by atoms with Crippen molar-refractivity contribution in [2.75, 3.05) is 26.0 Å². The van der Waals surface area contributed by atoms with Gasteiger partial charge in [-0.3, -0.25) is 4.79 Å². The molecular weight excluding hydrogens is 467 g/mol. The van der Waals surface area contributed by atoms with Gasteiger partial charge in [0.1, 0.15) is 5.65 Å². The number of carbonyl (C=O) groups is 1. The Morgan fingerprint density at radius 3 is 2.67 bits per heavy atom. The molecule has 4 rings (SSSR count). The summed E-state index contributed by atoms with van der Waals surface area (Å²) in [4.78, 5) is 21.5. The van der Waals surface area contributed by atoms with Gasteiger partial charge in [0, 0.05) is 47.2 Å². The molecule has 0 aliphatic heterocycles. The van der Waals surface area contributed by atoms with E-state index in [1.54, 1.807) is 36.5 Å². The smallest absolute Gasteiger partial charge is 0.346 e. The molecular formula is C27H22F3N5O. The zero-order chi connectivity index (χ0) is 25.9. The average molecular weight is 490 g/mol. The van der Waals surface area contributed by atoms with Gasteiger partial charge in [-0.15, -0.1) is 0 Å². The van der Waals surface area contributed by atoms with Crippen LogP contribution in [0.25, 0.3) is 33.3 Å². The Balaban J connectivity index is 1.75. The largest absolute Gasteiger partial charge is 0.416 e. The highest BCUT2D eigenvalue weighted by Crippen LogP contribution is 2.36. The maximum Gasteiger partial charge on any atom is 0.416 e. The van der Waals surface area contributed by atoms with Crippen LogP contribution in [0.2, 0.25) is 0 Å². The number of aromatic nitrogens is 2. The quantitative estimate of drug-likeness (QED) is 0.333. The van der Waals surface area contributed by atoms with Crippen LogP contribution in [-0.2, 0) is 11.0 Å². The van der Waals surface area contributed by atoms with Crippen LogP contribution in [0.15, 0.2) is 73.1 Å². The lowest BCUT2D eigenvalue weighted by Crippen LogP contribution is -2.13. The molecule has 6 nitrogen and oxygen atoms in total. The van der Waals surface area contributed by atoms with E-state index in [-0.39, 0.29) is 11.3 Å². The number of anilines is 1. The number of nitriles is 1. The minimum absolute atomic E-state index is 0.0236. The Bertz CT molecular complexity index is 1500. The molecule has 0 atom stereocenters. The zero-order valence-electron chi connectivity index (χ0n) is 19.5. The molecule has 0 fully saturated rings. The second-order valence-electron chi connectivity index (χ2n) is 8.47. The number of hydrogen-bond acceptors (Lipinski definition) is 4. The molecule has 0 bridgehead atoms. The zero-order valence-corrected chi connectivity index (χ0v) is 19.5. The Morgan fingerprint density at radius 2 is 1.94 bits per heavy atom. The number of H-pyrrole nitrogens is 1. The van der Waals surface area contributed by atoms with Crippen LogP contribution in [0.3, 0.4) is 0 Å². The van der Waals surface area contributed by atoms with Crippen molar-refractivity contribution in [1.82, 2.24) is 14.9 Å². The molecule has 9 heteroatoms. The second kappa shape index (κ2) is 10.1. The summed E-state index contributed by atoms with van der Waals surface area (Å²) in [5.41, 5.74) is 2.43. The van der Waals surface area contributed by atoms with E-state index in [4.69, 9.17) is 0 Å². The Morgan fingerprint density at radius 1 is 1.14 bits per heavy atom. The number of fused-ring (bicyclic) bond motifs is 1. The van der Waals surface area contributed by atoms with E-state index in [0.29, 0.717) is 28.7 Å². The summed E-state index contributed by atoms with van der Waals surface area (Å²) in [6, 6.07) is 14.3. The highest BCUT2D eigenvalue weighted by molar-refractivity contribution is 6.00. The van der Waals surface area contributed by atoms with Crippen molar-refractivity contribution >= 4 is 22.6 Å². The SMILES string of the molecule is CN(C)C/C=C/C(=O)Nc1cc(-c2cnc3[nH]cc(-c4cccc(C#N)c4)c3c2)cc(C(F)(F)F)c1. The number of benzene rings is 2. The number of hydrogen-bond donors (Lipinski definition) is 2. The van der Waals surface area contributed by atoms with Crippen LogP contribution in [0.1, 0.15) is 11.1 Å². The lowest BCUT2D eigenvalue weighted by molar-refractivity contribution is -0.137. The fourth-order valence-electron chi connectivity index (χ4n) is 3.74. The molecule has 0 saturated heterocycles. The highest BCUT2D eigenvalue weighted by Gasteiger charge is 2.31. The van der Waals surface area contributed by atoms with Gasteiger partial charge in [-0.05, 0) is 61.6 Å². The normalized spacial score (nSPS) is 11.8. The molecule has 0 unspecified atom stereocenters. The number of amides is 1. The van der Waals surface area contributed by atoms with E-state index in [1.165, 1.54) is 18.3 Å². The number of alkyl halides is 3. The van der Waals surface area contributed by atoms with Crippen molar-refractivity contribution in [3.63, 3.8) is 0 Å². The van der Waals surface area contributed by atoms with E-state index in [0.717, 1.165) is 23.3 Å². The first-order chi connectivity index (χ1) is 17.1. The van der Waals surface area contributed by atoms with Crippen molar-refractivity contribution in [2.45, 2.75) is 6.18 Å². The summed E-state index contributed by atoms with van der Waals surface area (Å²) in [7, 11) is 3.67. The van der Waals surface area contributed by atoms with Crippen molar-refractivity contribution in [3.05, 3.63) is 84.2 Å². The molecule has 36 heavy (non-hydrogen) atoms. The van der Waals surface area contributed by atoms with Gasteiger partial charge in [0.05, 0.1) is 17.2 Å². The molecule has 2 heterocycles. The third kappa shape index (κ3) is 5.62. The van der Waals surface area contributed by atoms with Gasteiger partial charge in [0.15, 0.2) is 0 Å². The number of carbonyl (C=O) groups excluding carboxylic acids is 1. The van der Waals surface area contributed by atoms with Crippen molar-refractivity contribution in [3.8, 4) is 28.3 Å². The predicted octanol–water partition coefficient (Wildman–Crippen LogP) is 5.84. The van der Waals surface area contributed by atoms with Crippen molar-refractivity contribution < 1.29 is 18.0 Å². The summed E-state index contributed by atoms with van der Waals surface area (Å²) in [5, 5.41) is 12.4. The standard InChI is InChI=1S/C27H22F3N5O/c1-35(2)8-4-7-25(36)34-22-11-19(10-21(13-22)27(28,29)30)20-12-23-24(16-33-26(23)32-15-20)18-6-3-5-17(9-18)14-31/h3-7,9-13,15-16H,8H2,1-2H3,(H,32,33)(H,34,36)/b7-4+. The Kier molecular flexibility index (Phi) is 6.90. The van der Waals surface area contributed by atoms with E-state index >= 15 is 0 Å². The van der Waals surface area contributed by atoms with Gasteiger partial charge in [-0.25, -0.2) is 4.98 Å². The average Bonchev–Trinajstić information content (AvgIpc) is 3.26. The molecule has 1 amide bonds. The molecule has 2 N–H and O–H groups in total. The molecule has 0 aliphatic carbocycles. The summed E-state index contributed by atoms with van der Waals surface area (Å²) >= 11 is 0. The maximum atomic E-state index is 13.7. The molecule has 0 spiro atoms. The number of aromatic amines is 1. The Hall–Kier alpha value is -4.42. The summed E-state index contributed by atoms with van der Waals surface area (Å²) in [6.45, 7) is 0.517. The van der Waals surface area contributed by atoms with Crippen LogP contribution in [0, 0.1) is 11.3 Å². The van der Waals surface area contributed by atoms with Crippen molar-refractivity contribution in [1.29, 1.82) is 5.26 Å². The molecule has 0 saturated carbocycles. The first-order valence-electron chi connectivity index (χ1n) is 11.0. The first-order valence-corrected chi connectivity index (χ1v) is 11.0. The monoisotopic (exact) mass is 489 g/mol. The lowest BCUT2D eigenvalue weighted by atomic mass is 9.99. The summed E-state index contributed by atoms with van der Waals surface area (Å²) < 4.78 is 41.0. The van der Waals surface area contributed by atoms with Gasteiger partial charge >= 0.3 is 6.18 Å². The molecule has 0 radical (unpaired) electrons. The van der Waals surface area contributed by atoms with Crippen LogP contribution in [-0.4, -0.2) is 41.4 Å². The topological polar surface area (TPSA) is 84.8 Å². The van der Waals surface area contributed by atoms with Crippen LogP contribution in [0.5, 0.6) is 0 Å². The maximum absolute atomic E-state index is 13.7. The van der Waals surface area contributed by atoms with Gasteiger partial charge < -0.3 is 15.2 Å². The van der Waals surface area contributed by atoms with Crippen LogP contribution >= 0.6 is 0 Å². The lowest BCUT2D eigenvalue weighted by Gasteiger charge is -2.13. The molecule has 182 valence electrons. The first kappa shape index (κ1) is 24.7. The van der Waals surface area contributed by atoms with Gasteiger partial charge in [0.25, 0.3) is 0 Å². The highest BCUT2D eigenvalue weighted by atomic mass is 19.4. The van der Waals surface area contributed by atoms with Gasteiger partial charge in [-0.2, -0.15) is 18.4 Å². The summed E-state index contributed by atoms with van der Waals surface area (Å²) in [5.74, 6) is -0.527. The molecule has 0 aliphatic rings. The number of nitrogens with one attached hydrogen (secondary N) is 2. The van der Waals surface area contributed by atoms with Crippen LogP contribution in [0.4, 0.5) is 18.9 Å². The number of nitrogens with zero attached hydrogens (tertiary/aromatic N) is 3. The fourth-order valence-corrected chi connectivity index (χ4v) is 3.74. The van der Waals surface area contributed by atoms with E-state index in [1.807, 2.05) is 25.1 Å². The van der Waals surface area contributed by atoms with Crippen molar-refractivity contribution in [2.24, 2.45) is 0 Å². The number of pyridine rings is 1. The van der Waals surface area contributed by atoms with Gasteiger partial charge in [-0.1, -0.05) is 18.2 Å². The number of rotatable bonds is 6. The van der Waals surface area contributed by atoms with E-state index < -0.39 is 17.6 Å². The number of likely N-dealkylation sites (N-methyl/N-ethyl adjacent to an activating group) is 1. The minimum Gasteiger partial charge on any atom is -0.346 e. The predicted molar refractivity (Wildman–Crippen MR) is 133 cm³/mol. The molecule has 2 aromatic heterocycles.